The lowest BCUT2D eigenvalue weighted by atomic mass is 10.1. The third-order valence-electron chi connectivity index (χ3n) is 4.66. The second-order valence-electron chi connectivity index (χ2n) is 8.16. The number of hydrogen-bond acceptors (Lipinski definition) is 7. The summed E-state index contributed by atoms with van der Waals surface area (Å²) in [6.07, 6.45) is -0.441. The molecular weight excluding hydrogens is 388 g/mol. The molecule has 2 aromatic rings. The number of hydrogen-bond donors (Lipinski definition) is 1. The minimum atomic E-state index is -0.517. The van der Waals surface area contributed by atoms with Gasteiger partial charge in [0, 0.05) is 48.9 Å². The molecule has 1 N–H and O–H groups in total. The Kier molecular flexibility index (Phi) is 6.64. The van der Waals surface area contributed by atoms with Crippen LogP contribution in [-0.2, 0) is 11.3 Å². The molecule has 3 rings (SSSR count). The molecule has 0 saturated carbocycles. The van der Waals surface area contributed by atoms with Crippen LogP contribution in [0.3, 0.4) is 0 Å². The highest BCUT2D eigenvalue weighted by Crippen LogP contribution is 2.34. The number of anilines is 1. The molecule has 0 bridgehead atoms. The Labute approximate surface area is 176 Å². The molecule has 7 nitrogen and oxygen atoms in total. The van der Waals surface area contributed by atoms with Gasteiger partial charge in [0.05, 0.1) is 19.3 Å². The molecule has 1 aliphatic rings. The average Bonchev–Trinajstić information content (AvgIpc) is 3.14. The third-order valence-corrected chi connectivity index (χ3v) is 5.51. The normalized spacial score (nSPS) is 15.3. The van der Waals surface area contributed by atoms with Crippen LogP contribution < -0.4 is 15.0 Å². The first kappa shape index (κ1) is 21.4. The van der Waals surface area contributed by atoms with E-state index in [4.69, 9.17) is 9.47 Å². The summed E-state index contributed by atoms with van der Waals surface area (Å²) < 4.78 is 10.9. The van der Waals surface area contributed by atoms with Gasteiger partial charge in [-0.25, -0.2) is 9.78 Å². The average molecular weight is 419 g/mol. The van der Waals surface area contributed by atoms with Crippen LogP contribution in [0.2, 0.25) is 0 Å². The van der Waals surface area contributed by atoms with Gasteiger partial charge in [-0.2, -0.15) is 0 Å². The van der Waals surface area contributed by atoms with Crippen molar-refractivity contribution in [1.29, 1.82) is 0 Å². The van der Waals surface area contributed by atoms with Crippen molar-refractivity contribution in [3.05, 3.63) is 28.6 Å². The Morgan fingerprint density at radius 2 is 1.97 bits per heavy atom. The van der Waals surface area contributed by atoms with Crippen molar-refractivity contribution in [3.8, 4) is 17.0 Å². The maximum atomic E-state index is 11.8. The summed E-state index contributed by atoms with van der Waals surface area (Å²) in [6.45, 7) is 9.99. The number of alkyl carbamates (subject to hydrolysis) is 1. The summed E-state index contributed by atoms with van der Waals surface area (Å²) >= 11 is 1.50. The van der Waals surface area contributed by atoms with E-state index in [1.54, 1.807) is 7.11 Å². The molecular formula is C21H30N4O3S. The van der Waals surface area contributed by atoms with Crippen LogP contribution in [0.5, 0.6) is 5.75 Å². The SMILES string of the molecule is COc1cc(N2CCN(C)CC2)ccc1-c1csc(CNC(=O)OC(C)(C)C)n1. The van der Waals surface area contributed by atoms with E-state index in [2.05, 4.69) is 45.3 Å². The van der Waals surface area contributed by atoms with Crippen LogP contribution in [-0.4, -0.2) is 61.9 Å². The highest BCUT2D eigenvalue weighted by Gasteiger charge is 2.18. The van der Waals surface area contributed by atoms with E-state index in [0.717, 1.165) is 48.2 Å². The molecule has 1 amide bonds. The van der Waals surface area contributed by atoms with Crippen molar-refractivity contribution in [2.24, 2.45) is 0 Å². The molecule has 0 aliphatic carbocycles. The van der Waals surface area contributed by atoms with Crippen molar-refractivity contribution in [3.63, 3.8) is 0 Å². The number of ether oxygens (including phenoxy) is 2. The van der Waals surface area contributed by atoms with Crippen LogP contribution in [0.4, 0.5) is 10.5 Å². The van der Waals surface area contributed by atoms with E-state index in [0.29, 0.717) is 6.54 Å². The van der Waals surface area contributed by atoms with Crippen molar-refractivity contribution in [1.82, 2.24) is 15.2 Å². The standard InChI is InChI=1S/C21H30N4O3S/c1-21(2,3)28-20(26)22-13-19-23-17(14-29-19)16-7-6-15(12-18(16)27-5)25-10-8-24(4)9-11-25/h6-7,12,14H,8-11,13H2,1-5H3,(H,22,26). The Hall–Kier alpha value is -2.32. The van der Waals surface area contributed by atoms with Crippen LogP contribution in [0, 0.1) is 0 Å². The predicted octanol–water partition coefficient (Wildman–Crippen LogP) is 3.60. The molecule has 1 saturated heterocycles. The van der Waals surface area contributed by atoms with E-state index in [9.17, 15) is 4.79 Å². The maximum Gasteiger partial charge on any atom is 0.408 e. The fourth-order valence-corrected chi connectivity index (χ4v) is 3.86. The summed E-state index contributed by atoms with van der Waals surface area (Å²) in [5, 5.41) is 5.55. The van der Waals surface area contributed by atoms with Crippen molar-refractivity contribution in [2.75, 3.05) is 45.2 Å². The zero-order chi connectivity index (χ0) is 21.0. The number of carbonyl (C=O) groups is 1. The lowest BCUT2D eigenvalue weighted by Gasteiger charge is -2.34. The number of amides is 1. The number of piperazine rings is 1. The molecule has 29 heavy (non-hydrogen) atoms. The number of likely N-dealkylation sites (N-methyl/N-ethyl adjacent to an activating group) is 1. The number of aromatic nitrogens is 1. The summed E-state index contributed by atoms with van der Waals surface area (Å²) in [5.74, 6) is 0.804. The molecule has 1 aromatic carbocycles. The van der Waals surface area contributed by atoms with E-state index in [1.807, 2.05) is 26.2 Å². The van der Waals surface area contributed by atoms with Gasteiger partial charge in [0.15, 0.2) is 0 Å². The lowest BCUT2D eigenvalue weighted by Crippen LogP contribution is -2.44. The fourth-order valence-electron chi connectivity index (χ4n) is 3.13. The minimum absolute atomic E-state index is 0.335. The Morgan fingerprint density at radius 3 is 2.62 bits per heavy atom. The Bertz CT molecular complexity index is 839. The van der Waals surface area contributed by atoms with E-state index < -0.39 is 11.7 Å². The summed E-state index contributed by atoms with van der Waals surface area (Å²) in [6, 6.07) is 6.27. The summed E-state index contributed by atoms with van der Waals surface area (Å²) in [7, 11) is 3.84. The van der Waals surface area contributed by atoms with E-state index in [-0.39, 0.29) is 0 Å². The third kappa shape index (κ3) is 5.83. The van der Waals surface area contributed by atoms with Gasteiger partial charge >= 0.3 is 6.09 Å². The van der Waals surface area contributed by atoms with Crippen molar-refractivity contribution in [2.45, 2.75) is 32.9 Å². The molecule has 158 valence electrons. The van der Waals surface area contributed by atoms with Gasteiger partial charge in [0.25, 0.3) is 0 Å². The molecule has 2 heterocycles. The smallest absolute Gasteiger partial charge is 0.408 e. The van der Waals surface area contributed by atoms with Gasteiger partial charge in [-0.15, -0.1) is 11.3 Å². The largest absolute Gasteiger partial charge is 0.496 e. The number of nitrogens with one attached hydrogen (secondary N) is 1. The van der Waals surface area contributed by atoms with Gasteiger partial charge < -0.3 is 24.6 Å². The molecule has 0 radical (unpaired) electrons. The lowest BCUT2D eigenvalue weighted by molar-refractivity contribution is 0.0523. The van der Waals surface area contributed by atoms with E-state index >= 15 is 0 Å². The zero-order valence-corrected chi connectivity index (χ0v) is 18.6. The zero-order valence-electron chi connectivity index (χ0n) is 17.8. The number of nitrogens with zero attached hydrogens (tertiary/aromatic N) is 3. The topological polar surface area (TPSA) is 66.9 Å². The fraction of sp³-hybridized carbons (Fsp3) is 0.524. The van der Waals surface area contributed by atoms with Crippen molar-refractivity contribution >= 4 is 23.1 Å². The predicted molar refractivity (Wildman–Crippen MR) is 117 cm³/mol. The molecule has 0 spiro atoms. The number of methoxy groups -OCH3 is 1. The van der Waals surface area contributed by atoms with Gasteiger partial charge in [-0.05, 0) is 40.0 Å². The van der Waals surface area contributed by atoms with Crippen LogP contribution in [0.1, 0.15) is 25.8 Å². The molecule has 1 aliphatic heterocycles. The number of thiazole rings is 1. The minimum Gasteiger partial charge on any atom is -0.496 e. The number of benzene rings is 1. The Balaban J connectivity index is 1.68. The van der Waals surface area contributed by atoms with Gasteiger partial charge in [0.1, 0.15) is 16.4 Å². The number of carbonyl (C=O) groups excluding carboxylic acids is 1. The highest BCUT2D eigenvalue weighted by atomic mass is 32.1. The quantitative estimate of drug-likeness (QED) is 0.800. The van der Waals surface area contributed by atoms with Gasteiger partial charge in [-0.3, -0.25) is 0 Å². The molecule has 1 aromatic heterocycles. The van der Waals surface area contributed by atoms with Crippen molar-refractivity contribution < 1.29 is 14.3 Å². The maximum absolute atomic E-state index is 11.8. The molecule has 0 atom stereocenters. The van der Waals surface area contributed by atoms with Crippen LogP contribution in [0.25, 0.3) is 11.3 Å². The van der Waals surface area contributed by atoms with Crippen LogP contribution >= 0.6 is 11.3 Å². The first-order valence-corrected chi connectivity index (χ1v) is 10.7. The Morgan fingerprint density at radius 1 is 1.24 bits per heavy atom. The van der Waals surface area contributed by atoms with Gasteiger partial charge in [-0.1, -0.05) is 0 Å². The van der Waals surface area contributed by atoms with Gasteiger partial charge in [0.2, 0.25) is 0 Å². The highest BCUT2D eigenvalue weighted by molar-refractivity contribution is 7.09. The first-order chi connectivity index (χ1) is 13.7. The molecule has 0 unspecified atom stereocenters. The summed E-state index contributed by atoms with van der Waals surface area (Å²) in [5.41, 5.74) is 2.44. The van der Waals surface area contributed by atoms with Crippen LogP contribution in [0.15, 0.2) is 23.6 Å². The summed E-state index contributed by atoms with van der Waals surface area (Å²) in [4.78, 5) is 21.2. The van der Waals surface area contributed by atoms with E-state index in [1.165, 1.54) is 17.0 Å². The number of rotatable bonds is 5. The molecule has 1 fully saturated rings. The second-order valence-corrected chi connectivity index (χ2v) is 9.10. The monoisotopic (exact) mass is 418 g/mol. The molecule has 8 heteroatoms. The first-order valence-electron chi connectivity index (χ1n) is 9.78. The second kappa shape index (κ2) is 9.00.